The third-order valence-electron chi connectivity index (χ3n) is 3.98. The standard InChI is InChI=1S/C20H25NO2/c1-14(15-8-12-18(23-5)13-9-15)21-19(22)16-6-10-17(11-7-16)20(2,3)4/h6-14H,1-5H3,(H,21,22). The second kappa shape index (κ2) is 6.86. The number of methoxy groups -OCH3 is 1. The number of hydrogen-bond acceptors (Lipinski definition) is 2. The molecule has 2 aromatic carbocycles. The Morgan fingerprint density at radius 3 is 2.04 bits per heavy atom. The molecule has 1 atom stereocenters. The van der Waals surface area contributed by atoms with Crippen LogP contribution in [-0.2, 0) is 5.41 Å². The quantitative estimate of drug-likeness (QED) is 0.904. The Morgan fingerprint density at radius 1 is 1.00 bits per heavy atom. The number of nitrogens with one attached hydrogen (secondary N) is 1. The molecule has 0 heterocycles. The van der Waals surface area contributed by atoms with Gasteiger partial charge in [0.15, 0.2) is 0 Å². The van der Waals surface area contributed by atoms with Crippen molar-refractivity contribution in [2.45, 2.75) is 39.2 Å². The van der Waals surface area contributed by atoms with Crippen LogP contribution in [0.25, 0.3) is 0 Å². The molecule has 0 fully saturated rings. The van der Waals surface area contributed by atoms with E-state index in [9.17, 15) is 4.79 Å². The highest BCUT2D eigenvalue weighted by molar-refractivity contribution is 5.94. The van der Waals surface area contributed by atoms with Crippen molar-refractivity contribution in [1.82, 2.24) is 5.32 Å². The van der Waals surface area contributed by atoms with Crippen LogP contribution < -0.4 is 10.1 Å². The first kappa shape index (κ1) is 17.1. The fourth-order valence-electron chi connectivity index (χ4n) is 2.38. The highest BCUT2D eigenvalue weighted by Gasteiger charge is 2.15. The van der Waals surface area contributed by atoms with Gasteiger partial charge in [0.1, 0.15) is 5.75 Å². The fraction of sp³-hybridized carbons (Fsp3) is 0.350. The van der Waals surface area contributed by atoms with Crippen molar-refractivity contribution in [3.63, 3.8) is 0 Å². The van der Waals surface area contributed by atoms with Crippen LogP contribution in [0, 0.1) is 0 Å². The third-order valence-corrected chi connectivity index (χ3v) is 3.98. The monoisotopic (exact) mass is 311 g/mol. The van der Waals surface area contributed by atoms with Gasteiger partial charge in [0.05, 0.1) is 13.2 Å². The first-order valence-corrected chi connectivity index (χ1v) is 7.86. The summed E-state index contributed by atoms with van der Waals surface area (Å²) in [5, 5.41) is 3.03. The second-order valence-electron chi connectivity index (χ2n) is 6.80. The zero-order valence-electron chi connectivity index (χ0n) is 14.5. The molecule has 0 spiro atoms. The normalized spacial score (nSPS) is 12.6. The van der Waals surface area contributed by atoms with Crippen molar-refractivity contribution in [2.24, 2.45) is 0 Å². The van der Waals surface area contributed by atoms with Crippen LogP contribution in [-0.4, -0.2) is 13.0 Å². The summed E-state index contributed by atoms with van der Waals surface area (Å²) in [5.74, 6) is 0.749. The highest BCUT2D eigenvalue weighted by atomic mass is 16.5. The van der Waals surface area contributed by atoms with Gasteiger partial charge < -0.3 is 10.1 Å². The van der Waals surface area contributed by atoms with Gasteiger partial charge in [-0.15, -0.1) is 0 Å². The summed E-state index contributed by atoms with van der Waals surface area (Å²) in [4.78, 5) is 12.4. The smallest absolute Gasteiger partial charge is 0.251 e. The van der Waals surface area contributed by atoms with Gasteiger partial charge in [0.25, 0.3) is 5.91 Å². The number of amides is 1. The first-order valence-electron chi connectivity index (χ1n) is 7.86. The van der Waals surface area contributed by atoms with Crippen LogP contribution in [0.4, 0.5) is 0 Å². The van der Waals surface area contributed by atoms with Gasteiger partial charge in [-0.05, 0) is 47.7 Å². The first-order chi connectivity index (χ1) is 10.8. The number of carbonyl (C=O) groups excluding carboxylic acids is 1. The summed E-state index contributed by atoms with van der Waals surface area (Å²) >= 11 is 0. The van der Waals surface area contributed by atoms with Gasteiger partial charge in [0, 0.05) is 5.56 Å². The van der Waals surface area contributed by atoms with E-state index < -0.39 is 0 Å². The summed E-state index contributed by atoms with van der Waals surface area (Å²) in [6.45, 7) is 8.46. The fourth-order valence-corrected chi connectivity index (χ4v) is 2.38. The van der Waals surface area contributed by atoms with Gasteiger partial charge in [-0.25, -0.2) is 0 Å². The van der Waals surface area contributed by atoms with Crippen LogP contribution in [0.15, 0.2) is 48.5 Å². The Labute approximate surface area is 138 Å². The van der Waals surface area contributed by atoms with Gasteiger partial charge in [-0.3, -0.25) is 4.79 Å². The van der Waals surface area contributed by atoms with Gasteiger partial charge in [-0.1, -0.05) is 45.0 Å². The summed E-state index contributed by atoms with van der Waals surface area (Å²) in [5.41, 5.74) is 3.03. The molecule has 3 heteroatoms. The minimum absolute atomic E-state index is 0.0595. The minimum Gasteiger partial charge on any atom is -0.497 e. The molecule has 122 valence electrons. The molecule has 0 radical (unpaired) electrons. The molecule has 0 aliphatic rings. The molecule has 1 unspecified atom stereocenters. The average Bonchev–Trinajstić information content (AvgIpc) is 2.54. The van der Waals surface area contributed by atoms with Crippen molar-refractivity contribution in [3.8, 4) is 5.75 Å². The van der Waals surface area contributed by atoms with E-state index in [0.717, 1.165) is 11.3 Å². The Kier molecular flexibility index (Phi) is 5.09. The van der Waals surface area contributed by atoms with Crippen LogP contribution in [0.5, 0.6) is 5.75 Å². The summed E-state index contributed by atoms with van der Waals surface area (Å²) in [7, 11) is 1.64. The van der Waals surface area contributed by atoms with Crippen molar-refractivity contribution in [1.29, 1.82) is 0 Å². The van der Waals surface area contributed by atoms with E-state index in [-0.39, 0.29) is 17.4 Å². The molecule has 1 N–H and O–H groups in total. The predicted octanol–water partition coefficient (Wildman–Crippen LogP) is 4.48. The SMILES string of the molecule is COc1ccc(C(C)NC(=O)c2ccc(C(C)(C)C)cc2)cc1. The largest absolute Gasteiger partial charge is 0.497 e. The zero-order valence-corrected chi connectivity index (χ0v) is 14.5. The molecule has 0 aliphatic heterocycles. The lowest BCUT2D eigenvalue weighted by Gasteiger charge is -2.19. The van der Waals surface area contributed by atoms with E-state index >= 15 is 0 Å². The van der Waals surface area contributed by atoms with Gasteiger partial charge in [-0.2, -0.15) is 0 Å². The van der Waals surface area contributed by atoms with Crippen LogP contribution in [0.1, 0.15) is 55.2 Å². The van der Waals surface area contributed by atoms with Crippen molar-refractivity contribution in [2.75, 3.05) is 7.11 Å². The molecule has 23 heavy (non-hydrogen) atoms. The van der Waals surface area contributed by atoms with Gasteiger partial charge in [0.2, 0.25) is 0 Å². The van der Waals surface area contributed by atoms with E-state index in [2.05, 4.69) is 26.1 Å². The number of benzene rings is 2. The van der Waals surface area contributed by atoms with Crippen LogP contribution in [0.3, 0.4) is 0 Å². The lowest BCUT2D eigenvalue weighted by Crippen LogP contribution is -2.26. The molecule has 0 aromatic heterocycles. The number of hydrogen-bond donors (Lipinski definition) is 1. The van der Waals surface area contributed by atoms with Crippen LogP contribution in [0.2, 0.25) is 0 Å². The molecule has 0 saturated heterocycles. The number of rotatable bonds is 4. The molecule has 2 rings (SSSR count). The average molecular weight is 311 g/mol. The van der Waals surface area contributed by atoms with Crippen molar-refractivity contribution < 1.29 is 9.53 Å². The molecule has 3 nitrogen and oxygen atoms in total. The summed E-state index contributed by atoms with van der Waals surface area (Å²) in [6.07, 6.45) is 0. The Hall–Kier alpha value is -2.29. The summed E-state index contributed by atoms with van der Waals surface area (Å²) in [6, 6.07) is 15.5. The van der Waals surface area contributed by atoms with Gasteiger partial charge >= 0.3 is 0 Å². The molecular weight excluding hydrogens is 286 g/mol. The molecular formula is C20H25NO2. The van der Waals surface area contributed by atoms with E-state index in [4.69, 9.17) is 4.74 Å². The predicted molar refractivity (Wildman–Crippen MR) is 94.0 cm³/mol. The van der Waals surface area contributed by atoms with Crippen molar-refractivity contribution in [3.05, 3.63) is 65.2 Å². The third kappa shape index (κ3) is 4.35. The Morgan fingerprint density at radius 2 is 1.57 bits per heavy atom. The Bertz CT molecular complexity index is 652. The number of carbonyl (C=O) groups is 1. The van der Waals surface area contributed by atoms with E-state index in [1.54, 1.807) is 7.11 Å². The molecule has 0 saturated carbocycles. The van der Waals surface area contributed by atoms with E-state index in [1.807, 2.05) is 55.5 Å². The highest BCUT2D eigenvalue weighted by Crippen LogP contribution is 2.22. The maximum atomic E-state index is 12.4. The molecule has 0 aliphatic carbocycles. The maximum Gasteiger partial charge on any atom is 0.251 e. The Balaban J connectivity index is 2.05. The summed E-state index contributed by atoms with van der Waals surface area (Å²) < 4.78 is 5.15. The van der Waals surface area contributed by atoms with Crippen molar-refractivity contribution >= 4 is 5.91 Å². The van der Waals surface area contributed by atoms with E-state index in [0.29, 0.717) is 5.56 Å². The maximum absolute atomic E-state index is 12.4. The van der Waals surface area contributed by atoms with E-state index in [1.165, 1.54) is 5.56 Å². The molecule has 1 amide bonds. The topological polar surface area (TPSA) is 38.3 Å². The lowest BCUT2D eigenvalue weighted by molar-refractivity contribution is 0.0940. The number of ether oxygens (including phenoxy) is 1. The zero-order chi connectivity index (χ0) is 17.0. The van der Waals surface area contributed by atoms with Crippen LogP contribution >= 0.6 is 0 Å². The second-order valence-corrected chi connectivity index (χ2v) is 6.80. The lowest BCUT2D eigenvalue weighted by atomic mass is 9.86. The molecule has 0 bridgehead atoms. The minimum atomic E-state index is -0.0613. The molecule has 2 aromatic rings.